The molecule has 92 valence electrons. The number of nitrogens with zero attached hydrogens (tertiary/aromatic N) is 1. The molecular weight excluding hydrogens is 246 g/mol. The smallest absolute Gasteiger partial charge is 0.310 e. The zero-order valence-electron chi connectivity index (χ0n) is 9.14. The first-order chi connectivity index (χ1) is 7.91. The van der Waals surface area contributed by atoms with Crippen molar-refractivity contribution in [2.45, 2.75) is 19.4 Å². The number of nitrogens with two attached hydrogens (primary N) is 1. The van der Waals surface area contributed by atoms with Gasteiger partial charge in [0.1, 0.15) is 10.7 Å². The highest BCUT2D eigenvalue weighted by atomic mass is 35.5. The van der Waals surface area contributed by atoms with Crippen LogP contribution in [0.3, 0.4) is 0 Å². The Bertz CT molecular complexity index is 450. The Hall–Kier alpha value is -1.82. The standard InChI is InChI=1S/C10H12ClN3O3/c1-6(5-9(12)15)13-8-4-2-3-7(11)10(8)14(16)17/h2-4,6,13H,5H2,1H3,(H2,12,15). The van der Waals surface area contributed by atoms with E-state index in [0.29, 0.717) is 0 Å². The van der Waals surface area contributed by atoms with Crippen molar-refractivity contribution in [3.05, 3.63) is 33.3 Å². The molecule has 0 aliphatic carbocycles. The number of rotatable bonds is 5. The zero-order chi connectivity index (χ0) is 13.0. The third kappa shape index (κ3) is 3.60. The van der Waals surface area contributed by atoms with Crippen molar-refractivity contribution in [1.29, 1.82) is 0 Å². The molecule has 0 aliphatic heterocycles. The first-order valence-corrected chi connectivity index (χ1v) is 5.27. The van der Waals surface area contributed by atoms with E-state index in [-0.39, 0.29) is 28.9 Å². The number of amides is 1. The Kier molecular flexibility index (Phi) is 4.28. The molecule has 7 heteroatoms. The number of nitrogens with one attached hydrogen (secondary N) is 1. The summed E-state index contributed by atoms with van der Waals surface area (Å²) in [7, 11) is 0. The largest absolute Gasteiger partial charge is 0.376 e. The van der Waals surface area contributed by atoms with Crippen LogP contribution < -0.4 is 11.1 Å². The summed E-state index contributed by atoms with van der Waals surface area (Å²) in [4.78, 5) is 21.0. The lowest BCUT2D eigenvalue weighted by atomic mass is 10.2. The second-order valence-electron chi connectivity index (χ2n) is 3.61. The molecular formula is C10H12ClN3O3. The lowest BCUT2D eigenvalue weighted by Crippen LogP contribution is -2.24. The van der Waals surface area contributed by atoms with E-state index in [1.807, 2.05) is 0 Å². The van der Waals surface area contributed by atoms with Crippen LogP contribution in [0.2, 0.25) is 5.02 Å². The molecule has 0 radical (unpaired) electrons. The summed E-state index contributed by atoms with van der Waals surface area (Å²) >= 11 is 5.74. The highest BCUT2D eigenvalue weighted by molar-refractivity contribution is 6.33. The molecule has 1 amide bonds. The van der Waals surface area contributed by atoms with Crippen LogP contribution >= 0.6 is 11.6 Å². The monoisotopic (exact) mass is 257 g/mol. The van der Waals surface area contributed by atoms with Gasteiger partial charge in [0.05, 0.1) is 4.92 Å². The van der Waals surface area contributed by atoms with E-state index >= 15 is 0 Å². The number of primary amides is 1. The summed E-state index contributed by atoms with van der Waals surface area (Å²) in [5, 5.41) is 13.7. The second kappa shape index (κ2) is 5.49. The van der Waals surface area contributed by atoms with Gasteiger partial charge in [0, 0.05) is 12.5 Å². The van der Waals surface area contributed by atoms with Crippen molar-refractivity contribution in [3.8, 4) is 0 Å². The van der Waals surface area contributed by atoms with Crippen LogP contribution in [0.5, 0.6) is 0 Å². The number of hydrogen-bond acceptors (Lipinski definition) is 4. The van der Waals surface area contributed by atoms with Gasteiger partial charge >= 0.3 is 5.69 Å². The predicted molar refractivity (Wildman–Crippen MR) is 65.0 cm³/mol. The summed E-state index contributed by atoms with van der Waals surface area (Å²) < 4.78 is 0. The van der Waals surface area contributed by atoms with Crippen molar-refractivity contribution < 1.29 is 9.72 Å². The number of nitro benzene ring substituents is 1. The number of carbonyl (C=O) groups excluding carboxylic acids is 1. The van der Waals surface area contributed by atoms with E-state index in [1.54, 1.807) is 13.0 Å². The Morgan fingerprint density at radius 3 is 2.82 bits per heavy atom. The van der Waals surface area contributed by atoms with E-state index in [2.05, 4.69) is 5.32 Å². The van der Waals surface area contributed by atoms with E-state index in [1.165, 1.54) is 12.1 Å². The highest BCUT2D eigenvalue weighted by Crippen LogP contribution is 2.32. The van der Waals surface area contributed by atoms with Crippen molar-refractivity contribution in [2.75, 3.05) is 5.32 Å². The van der Waals surface area contributed by atoms with Crippen molar-refractivity contribution in [2.24, 2.45) is 5.73 Å². The number of halogens is 1. The lowest BCUT2D eigenvalue weighted by Gasteiger charge is -2.13. The molecule has 1 atom stereocenters. The molecule has 1 aromatic carbocycles. The minimum absolute atomic E-state index is 0.0475. The molecule has 0 heterocycles. The summed E-state index contributed by atoms with van der Waals surface area (Å²) in [6, 6.07) is 4.25. The maximum Gasteiger partial charge on any atom is 0.310 e. The van der Waals surface area contributed by atoms with Crippen LogP contribution in [0.4, 0.5) is 11.4 Å². The molecule has 0 saturated heterocycles. The maximum atomic E-state index is 10.8. The van der Waals surface area contributed by atoms with Crippen LogP contribution in [0.1, 0.15) is 13.3 Å². The Balaban J connectivity index is 2.94. The van der Waals surface area contributed by atoms with Crippen LogP contribution in [-0.2, 0) is 4.79 Å². The van der Waals surface area contributed by atoms with Crippen molar-refractivity contribution >= 4 is 28.9 Å². The van der Waals surface area contributed by atoms with Gasteiger partial charge < -0.3 is 11.1 Å². The van der Waals surface area contributed by atoms with Crippen LogP contribution in [0.15, 0.2) is 18.2 Å². The van der Waals surface area contributed by atoms with Gasteiger partial charge in [-0.05, 0) is 19.1 Å². The van der Waals surface area contributed by atoms with Gasteiger partial charge in [0.2, 0.25) is 5.91 Å². The fourth-order valence-corrected chi connectivity index (χ4v) is 1.68. The van der Waals surface area contributed by atoms with E-state index in [0.717, 1.165) is 0 Å². The molecule has 0 bridgehead atoms. The molecule has 0 spiro atoms. The van der Waals surface area contributed by atoms with Gasteiger partial charge in [0.15, 0.2) is 0 Å². The first-order valence-electron chi connectivity index (χ1n) is 4.89. The summed E-state index contributed by atoms with van der Waals surface area (Å²) in [6.45, 7) is 1.70. The number of hydrogen-bond donors (Lipinski definition) is 2. The SMILES string of the molecule is CC(CC(N)=O)Nc1cccc(Cl)c1[N+](=O)[O-]. The topological polar surface area (TPSA) is 98.3 Å². The van der Waals surface area contributed by atoms with E-state index < -0.39 is 10.8 Å². The van der Waals surface area contributed by atoms with Gasteiger partial charge in [-0.15, -0.1) is 0 Å². The Morgan fingerprint density at radius 1 is 1.65 bits per heavy atom. The number of anilines is 1. The molecule has 1 aromatic rings. The minimum atomic E-state index is -0.568. The quantitative estimate of drug-likeness (QED) is 0.622. The zero-order valence-corrected chi connectivity index (χ0v) is 9.90. The Labute approximate surface area is 103 Å². The summed E-state index contributed by atoms with van der Waals surface area (Å²) in [5.74, 6) is -0.477. The van der Waals surface area contributed by atoms with E-state index in [9.17, 15) is 14.9 Å². The average Bonchev–Trinajstić information content (AvgIpc) is 2.15. The van der Waals surface area contributed by atoms with Crippen LogP contribution in [-0.4, -0.2) is 16.9 Å². The van der Waals surface area contributed by atoms with Crippen molar-refractivity contribution in [1.82, 2.24) is 0 Å². The van der Waals surface area contributed by atoms with Gasteiger partial charge in [-0.2, -0.15) is 0 Å². The predicted octanol–water partition coefficient (Wildman–Crippen LogP) is 1.92. The molecule has 0 aliphatic rings. The van der Waals surface area contributed by atoms with Crippen LogP contribution in [0.25, 0.3) is 0 Å². The molecule has 0 aromatic heterocycles. The molecule has 0 saturated carbocycles. The van der Waals surface area contributed by atoms with Gasteiger partial charge in [-0.3, -0.25) is 14.9 Å². The van der Waals surface area contributed by atoms with Gasteiger partial charge in [-0.25, -0.2) is 0 Å². The first kappa shape index (κ1) is 13.2. The van der Waals surface area contributed by atoms with E-state index in [4.69, 9.17) is 17.3 Å². The number of benzene rings is 1. The Morgan fingerprint density at radius 2 is 2.29 bits per heavy atom. The minimum Gasteiger partial charge on any atom is -0.376 e. The number of carbonyl (C=O) groups is 1. The van der Waals surface area contributed by atoms with Crippen LogP contribution in [0, 0.1) is 10.1 Å². The highest BCUT2D eigenvalue weighted by Gasteiger charge is 2.19. The summed E-state index contributed by atoms with van der Waals surface area (Å²) in [5.41, 5.74) is 5.11. The number of para-hydroxylation sites is 1. The van der Waals surface area contributed by atoms with Gasteiger partial charge in [0.25, 0.3) is 0 Å². The normalized spacial score (nSPS) is 11.9. The summed E-state index contributed by atoms with van der Waals surface area (Å²) in [6.07, 6.45) is 0.0870. The lowest BCUT2D eigenvalue weighted by molar-refractivity contribution is -0.383. The average molecular weight is 258 g/mol. The molecule has 1 unspecified atom stereocenters. The van der Waals surface area contributed by atoms with Gasteiger partial charge in [-0.1, -0.05) is 17.7 Å². The fraction of sp³-hybridized carbons (Fsp3) is 0.300. The molecule has 17 heavy (non-hydrogen) atoms. The third-order valence-corrected chi connectivity index (χ3v) is 2.38. The molecule has 6 nitrogen and oxygen atoms in total. The maximum absolute atomic E-state index is 10.8. The molecule has 0 fully saturated rings. The third-order valence-electron chi connectivity index (χ3n) is 2.08. The second-order valence-corrected chi connectivity index (χ2v) is 4.02. The fourth-order valence-electron chi connectivity index (χ4n) is 1.44. The number of nitro groups is 1. The molecule has 1 rings (SSSR count). The molecule has 3 N–H and O–H groups in total. The van der Waals surface area contributed by atoms with Crippen molar-refractivity contribution in [3.63, 3.8) is 0 Å².